The van der Waals surface area contributed by atoms with Crippen LogP contribution in [0.2, 0.25) is 0 Å². The fourth-order valence-electron chi connectivity index (χ4n) is 2.53. The van der Waals surface area contributed by atoms with Gasteiger partial charge in [0.1, 0.15) is 5.82 Å². The van der Waals surface area contributed by atoms with E-state index in [4.69, 9.17) is 9.47 Å². The van der Waals surface area contributed by atoms with Gasteiger partial charge in [-0.2, -0.15) is 4.98 Å². The Labute approximate surface area is 141 Å². The summed E-state index contributed by atoms with van der Waals surface area (Å²) in [6, 6.07) is 1.62. The highest BCUT2D eigenvalue weighted by Crippen LogP contribution is 2.26. The molecule has 0 radical (unpaired) electrons. The molecule has 1 aliphatic heterocycles. The van der Waals surface area contributed by atoms with Crippen LogP contribution in [0.1, 0.15) is 29.8 Å². The van der Waals surface area contributed by atoms with Gasteiger partial charge in [-0.1, -0.05) is 6.42 Å². The zero-order valence-corrected chi connectivity index (χ0v) is 13.9. The number of carboxylic acid groups (broad SMARTS) is 1. The fraction of sp³-hybridized carbons (Fsp3) is 0.688. The minimum atomic E-state index is -1.07. The molecule has 2 heterocycles. The number of nitrogens with zero attached hydrogens (tertiary/aromatic N) is 3. The molecule has 8 nitrogen and oxygen atoms in total. The maximum atomic E-state index is 11.3. The maximum absolute atomic E-state index is 11.3. The minimum absolute atomic E-state index is 0.0232. The fourth-order valence-corrected chi connectivity index (χ4v) is 2.53. The van der Waals surface area contributed by atoms with Crippen LogP contribution in [0.5, 0.6) is 0 Å². The zero-order chi connectivity index (χ0) is 16.9. The van der Waals surface area contributed by atoms with Crippen LogP contribution in [0, 0.1) is 5.92 Å². The van der Waals surface area contributed by atoms with Crippen LogP contribution in [0.25, 0.3) is 0 Å². The number of carbonyl (C=O) groups is 1. The van der Waals surface area contributed by atoms with Gasteiger partial charge in [0.2, 0.25) is 5.95 Å². The normalized spacial score (nSPS) is 17.9. The highest BCUT2D eigenvalue weighted by Gasteiger charge is 2.21. The van der Waals surface area contributed by atoms with Gasteiger partial charge < -0.3 is 24.8 Å². The summed E-state index contributed by atoms with van der Waals surface area (Å²) in [5, 5.41) is 12.4. The molecule has 2 fully saturated rings. The number of hydrogen-bond donors (Lipinski definition) is 2. The second kappa shape index (κ2) is 7.76. The average Bonchev–Trinajstić information content (AvgIpc) is 2.48. The van der Waals surface area contributed by atoms with Gasteiger partial charge in [0.05, 0.1) is 25.9 Å². The van der Waals surface area contributed by atoms with Gasteiger partial charge in [-0.3, -0.25) is 0 Å². The van der Waals surface area contributed by atoms with Gasteiger partial charge >= 0.3 is 5.97 Å². The number of likely N-dealkylation sites (N-methyl/N-ethyl adjacent to an activating group) is 1. The number of aromatic carboxylic acids is 1. The zero-order valence-electron chi connectivity index (χ0n) is 13.9. The minimum Gasteiger partial charge on any atom is -0.477 e. The van der Waals surface area contributed by atoms with Gasteiger partial charge in [-0.25, -0.2) is 9.78 Å². The molecule has 0 atom stereocenters. The van der Waals surface area contributed by atoms with E-state index in [1.807, 2.05) is 11.9 Å². The third-order valence-corrected chi connectivity index (χ3v) is 4.41. The van der Waals surface area contributed by atoms with E-state index in [-0.39, 0.29) is 11.7 Å². The number of ether oxygens (including phenoxy) is 2. The first-order valence-corrected chi connectivity index (χ1v) is 8.37. The van der Waals surface area contributed by atoms with Crippen LogP contribution < -0.4 is 10.2 Å². The van der Waals surface area contributed by atoms with Crippen molar-refractivity contribution in [2.24, 2.45) is 5.92 Å². The topological polar surface area (TPSA) is 96.8 Å². The number of hydrogen-bond acceptors (Lipinski definition) is 7. The molecule has 8 heteroatoms. The predicted molar refractivity (Wildman–Crippen MR) is 88.7 cm³/mol. The van der Waals surface area contributed by atoms with Crippen LogP contribution >= 0.6 is 0 Å². The number of rotatable bonds is 9. The van der Waals surface area contributed by atoms with E-state index in [2.05, 4.69) is 15.3 Å². The molecule has 1 saturated carbocycles. The lowest BCUT2D eigenvalue weighted by Gasteiger charge is -2.28. The quantitative estimate of drug-likeness (QED) is 0.650. The van der Waals surface area contributed by atoms with Crippen molar-refractivity contribution in [3.8, 4) is 0 Å². The van der Waals surface area contributed by atoms with Crippen molar-refractivity contribution in [3.05, 3.63) is 11.8 Å². The van der Waals surface area contributed by atoms with E-state index >= 15 is 0 Å². The molecule has 2 N–H and O–H groups in total. The first-order chi connectivity index (χ1) is 11.6. The molecule has 0 bridgehead atoms. The standard InChI is InChI=1S/C16H24N4O4/c1-20(5-6-23-8-11-3-2-4-11)16-18-13(15(21)22)7-14(19-16)17-12-9-24-10-12/h7,11-12H,2-6,8-10H2,1H3,(H,21,22)(H,17,18,19). The van der Waals surface area contributed by atoms with Crippen LogP contribution in [-0.2, 0) is 9.47 Å². The van der Waals surface area contributed by atoms with Gasteiger partial charge in [-0.15, -0.1) is 0 Å². The first kappa shape index (κ1) is 16.9. The summed E-state index contributed by atoms with van der Waals surface area (Å²) in [6.45, 7) is 3.20. The molecule has 1 aliphatic carbocycles. The Bertz CT molecular complexity index is 575. The summed E-state index contributed by atoms with van der Waals surface area (Å²) in [5.74, 6) is 0.529. The highest BCUT2D eigenvalue weighted by atomic mass is 16.5. The summed E-state index contributed by atoms with van der Waals surface area (Å²) in [5.41, 5.74) is -0.0232. The van der Waals surface area contributed by atoms with Crippen molar-refractivity contribution in [1.82, 2.24) is 9.97 Å². The third-order valence-electron chi connectivity index (χ3n) is 4.41. The Morgan fingerprint density at radius 1 is 1.46 bits per heavy atom. The SMILES string of the molecule is CN(CCOCC1CCC1)c1nc(NC2COC2)cc(C(=O)O)n1. The number of aromatic nitrogens is 2. The molecular weight excluding hydrogens is 312 g/mol. The van der Waals surface area contributed by atoms with E-state index in [1.54, 1.807) is 0 Å². The average molecular weight is 336 g/mol. The van der Waals surface area contributed by atoms with Crippen molar-refractivity contribution >= 4 is 17.7 Å². The molecule has 0 amide bonds. The van der Waals surface area contributed by atoms with Crippen molar-refractivity contribution in [2.75, 3.05) is 50.2 Å². The molecule has 0 aromatic carbocycles. The van der Waals surface area contributed by atoms with Crippen molar-refractivity contribution in [2.45, 2.75) is 25.3 Å². The lowest BCUT2D eigenvalue weighted by atomic mass is 9.86. The molecular formula is C16H24N4O4. The molecule has 132 valence electrons. The van der Waals surface area contributed by atoms with E-state index in [0.29, 0.717) is 44.0 Å². The Balaban J connectivity index is 1.57. The number of nitrogens with one attached hydrogen (secondary N) is 1. The number of anilines is 2. The largest absolute Gasteiger partial charge is 0.477 e. The molecule has 0 unspecified atom stereocenters. The second-order valence-corrected chi connectivity index (χ2v) is 6.42. The summed E-state index contributed by atoms with van der Waals surface area (Å²) in [4.78, 5) is 21.6. The van der Waals surface area contributed by atoms with Crippen LogP contribution in [-0.4, -0.2) is 67.1 Å². The summed E-state index contributed by atoms with van der Waals surface area (Å²) >= 11 is 0. The molecule has 24 heavy (non-hydrogen) atoms. The first-order valence-electron chi connectivity index (χ1n) is 8.37. The molecule has 0 spiro atoms. The second-order valence-electron chi connectivity index (χ2n) is 6.42. The van der Waals surface area contributed by atoms with Gasteiger partial charge in [-0.05, 0) is 18.8 Å². The van der Waals surface area contributed by atoms with Gasteiger partial charge in [0.25, 0.3) is 0 Å². The Kier molecular flexibility index (Phi) is 5.47. The van der Waals surface area contributed by atoms with E-state index < -0.39 is 5.97 Å². The molecule has 2 aliphatic rings. The van der Waals surface area contributed by atoms with E-state index in [9.17, 15) is 9.90 Å². The lowest BCUT2D eigenvalue weighted by Crippen LogP contribution is -2.40. The monoisotopic (exact) mass is 336 g/mol. The Hall–Kier alpha value is -1.93. The lowest BCUT2D eigenvalue weighted by molar-refractivity contribution is 0.0209. The van der Waals surface area contributed by atoms with Crippen LogP contribution in [0.15, 0.2) is 6.07 Å². The summed E-state index contributed by atoms with van der Waals surface area (Å²) < 4.78 is 10.8. The highest BCUT2D eigenvalue weighted by molar-refractivity contribution is 5.86. The molecule has 3 rings (SSSR count). The molecule has 1 aromatic heterocycles. The predicted octanol–water partition coefficient (Wildman–Crippen LogP) is 1.24. The smallest absolute Gasteiger partial charge is 0.354 e. The van der Waals surface area contributed by atoms with Crippen molar-refractivity contribution < 1.29 is 19.4 Å². The molecule has 1 aromatic rings. The number of carboxylic acids is 1. The van der Waals surface area contributed by atoms with Crippen molar-refractivity contribution in [3.63, 3.8) is 0 Å². The van der Waals surface area contributed by atoms with Crippen LogP contribution in [0.3, 0.4) is 0 Å². The summed E-state index contributed by atoms with van der Waals surface area (Å²) in [7, 11) is 1.84. The molecule has 1 saturated heterocycles. The van der Waals surface area contributed by atoms with E-state index in [0.717, 1.165) is 6.61 Å². The van der Waals surface area contributed by atoms with Crippen LogP contribution in [0.4, 0.5) is 11.8 Å². The van der Waals surface area contributed by atoms with Crippen molar-refractivity contribution in [1.29, 1.82) is 0 Å². The third kappa shape index (κ3) is 4.33. The van der Waals surface area contributed by atoms with Gasteiger partial charge in [0.15, 0.2) is 5.69 Å². The van der Waals surface area contributed by atoms with E-state index in [1.165, 1.54) is 25.3 Å². The van der Waals surface area contributed by atoms with Gasteiger partial charge in [0, 0.05) is 26.3 Å². The maximum Gasteiger partial charge on any atom is 0.354 e. The Morgan fingerprint density at radius 2 is 2.25 bits per heavy atom. The summed E-state index contributed by atoms with van der Waals surface area (Å²) in [6.07, 6.45) is 3.84. The Morgan fingerprint density at radius 3 is 2.83 bits per heavy atom.